The molecule has 0 radical (unpaired) electrons. The van der Waals surface area contributed by atoms with E-state index in [1.807, 2.05) is 17.0 Å². The lowest BCUT2D eigenvalue weighted by Crippen LogP contribution is -2.24. The molecule has 1 aromatic carbocycles. The van der Waals surface area contributed by atoms with E-state index in [2.05, 4.69) is 16.0 Å². The summed E-state index contributed by atoms with van der Waals surface area (Å²) in [7, 11) is 1.63. The summed E-state index contributed by atoms with van der Waals surface area (Å²) < 4.78 is 5.23. The Bertz CT molecular complexity index is 668. The first kappa shape index (κ1) is 12.0. The molecule has 0 aliphatic carbocycles. The number of anilines is 2. The van der Waals surface area contributed by atoms with Crippen LogP contribution in [0.25, 0.3) is 0 Å². The topological polar surface area (TPSA) is 62.0 Å². The number of hydrogen-bond acceptors (Lipinski definition) is 6. The van der Waals surface area contributed by atoms with Gasteiger partial charge in [0.25, 0.3) is 0 Å². The summed E-state index contributed by atoms with van der Waals surface area (Å²) in [4.78, 5) is 11.7. The van der Waals surface area contributed by atoms with Crippen molar-refractivity contribution in [2.75, 3.05) is 18.7 Å². The second-order valence-corrected chi connectivity index (χ2v) is 4.96. The fraction of sp³-hybridized carbons (Fsp3) is 0.154. The highest BCUT2D eigenvalue weighted by Crippen LogP contribution is 2.45. The molecule has 1 aliphatic rings. The maximum atomic E-state index is 9.02. The van der Waals surface area contributed by atoms with Crippen LogP contribution in [-0.4, -0.2) is 23.8 Å². The minimum atomic E-state index is 0.369. The van der Waals surface area contributed by atoms with Crippen molar-refractivity contribution in [1.29, 1.82) is 5.26 Å². The van der Waals surface area contributed by atoms with Crippen LogP contribution in [0.3, 0.4) is 0 Å². The van der Waals surface area contributed by atoms with Gasteiger partial charge in [0.2, 0.25) is 0 Å². The fourth-order valence-electron chi connectivity index (χ4n) is 1.94. The van der Waals surface area contributed by atoms with Crippen molar-refractivity contribution in [3.63, 3.8) is 0 Å². The van der Waals surface area contributed by atoms with Crippen molar-refractivity contribution in [1.82, 2.24) is 9.97 Å². The van der Waals surface area contributed by atoms with Crippen LogP contribution in [0, 0.1) is 11.3 Å². The Morgan fingerprint density at radius 1 is 1.37 bits per heavy atom. The maximum Gasteiger partial charge on any atom is 0.168 e. The van der Waals surface area contributed by atoms with E-state index >= 15 is 0 Å². The Kier molecular flexibility index (Phi) is 3.07. The molecule has 1 aromatic heterocycles. The van der Waals surface area contributed by atoms with Crippen LogP contribution in [0.4, 0.5) is 11.5 Å². The number of hydrogen-bond donors (Lipinski definition) is 0. The Labute approximate surface area is 114 Å². The molecular formula is C13H10N4OS. The zero-order valence-electron chi connectivity index (χ0n) is 10.2. The molecule has 3 rings (SSSR count). The Balaban J connectivity index is 2.15. The van der Waals surface area contributed by atoms with E-state index < -0.39 is 0 Å². The van der Waals surface area contributed by atoms with Crippen LogP contribution in [0.15, 0.2) is 40.5 Å². The van der Waals surface area contributed by atoms with Crippen LogP contribution in [0.2, 0.25) is 0 Å². The summed E-state index contributed by atoms with van der Waals surface area (Å²) in [5.41, 5.74) is 1.55. The molecular weight excluding hydrogens is 260 g/mol. The van der Waals surface area contributed by atoms with E-state index in [0.717, 1.165) is 21.4 Å². The van der Waals surface area contributed by atoms with Crippen molar-refractivity contribution in [2.45, 2.75) is 9.92 Å². The van der Waals surface area contributed by atoms with Crippen molar-refractivity contribution in [3.05, 3.63) is 36.2 Å². The summed E-state index contributed by atoms with van der Waals surface area (Å²) in [5.74, 6) is 0.761. The average molecular weight is 270 g/mol. The third-order valence-corrected chi connectivity index (χ3v) is 3.79. The smallest absolute Gasteiger partial charge is 0.168 e. The van der Waals surface area contributed by atoms with Gasteiger partial charge in [0.1, 0.15) is 11.8 Å². The predicted molar refractivity (Wildman–Crippen MR) is 71.3 cm³/mol. The first-order chi connectivity index (χ1) is 9.33. The van der Waals surface area contributed by atoms with Gasteiger partial charge in [-0.15, -0.1) is 0 Å². The van der Waals surface area contributed by atoms with E-state index in [-0.39, 0.29) is 0 Å². The highest BCUT2D eigenvalue weighted by molar-refractivity contribution is 7.99. The van der Waals surface area contributed by atoms with Gasteiger partial charge in [0.05, 0.1) is 17.3 Å². The first-order valence-corrected chi connectivity index (χ1v) is 6.44. The molecule has 19 heavy (non-hydrogen) atoms. The monoisotopic (exact) mass is 270 g/mol. The Morgan fingerprint density at radius 3 is 3.00 bits per heavy atom. The second-order valence-electron chi connectivity index (χ2n) is 3.93. The van der Waals surface area contributed by atoms with Gasteiger partial charge in [-0.1, -0.05) is 11.8 Å². The molecule has 0 spiro atoms. The summed E-state index contributed by atoms with van der Waals surface area (Å²) in [6.07, 6.45) is 3.33. The lowest BCUT2D eigenvalue weighted by Gasteiger charge is -2.29. The highest BCUT2D eigenvalue weighted by atomic mass is 32.2. The molecule has 2 heterocycles. The molecule has 6 heteroatoms. The Morgan fingerprint density at radius 2 is 2.21 bits per heavy atom. The van der Waals surface area contributed by atoms with E-state index in [1.54, 1.807) is 37.3 Å². The summed E-state index contributed by atoms with van der Waals surface area (Å²) in [6, 6.07) is 7.73. The number of nitrogens with zero attached hydrogens (tertiary/aromatic N) is 4. The van der Waals surface area contributed by atoms with Crippen molar-refractivity contribution >= 4 is 23.3 Å². The Hall–Kier alpha value is -2.10. The zero-order chi connectivity index (χ0) is 13.2. The molecule has 0 amide bonds. The van der Waals surface area contributed by atoms with Crippen molar-refractivity contribution in [3.8, 4) is 6.07 Å². The van der Waals surface area contributed by atoms with Gasteiger partial charge >= 0.3 is 0 Å². The molecule has 0 saturated carbocycles. The van der Waals surface area contributed by atoms with Gasteiger partial charge in [-0.3, -0.25) is 4.90 Å². The van der Waals surface area contributed by atoms with Crippen LogP contribution in [0.1, 0.15) is 5.56 Å². The van der Waals surface area contributed by atoms with Gasteiger partial charge in [0.15, 0.2) is 5.82 Å². The van der Waals surface area contributed by atoms with Crippen LogP contribution < -0.4 is 4.90 Å². The number of methoxy groups -OCH3 is 1. The lowest BCUT2D eigenvalue weighted by atomic mass is 10.2. The molecule has 0 atom stereocenters. The largest absolute Gasteiger partial charge is 0.364 e. The predicted octanol–water partition coefficient (Wildman–Crippen LogP) is 2.55. The van der Waals surface area contributed by atoms with Crippen molar-refractivity contribution in [2.24, 2.45) is 0 Å². The molecule has 94 valence electrons. The molecule has 2 aromatic rings. The third kappa shape index (κ3) is 2.03. The number of rotatable bonds is 2. The second kappa shape index (κ2) is 4.88. The third-order valence-electron chi connectivity index (χ3n) is 2.75. The van der Waals surface area contributed by atoms with Crippen molar-refractivity contribution < 1.29 is 4.74 Å². The number of ether oxygens (including phenoxy) is 1. The summed E-state index contributed by atoms with van der Waals surface area (Å²) in [6.45, 7) is 0.369. The molecule has 0 unspecified atom stereocenters. The van der Waals surface area contributed by atoms with Gasteiger partial charge in [-0.25, -0.2) is 9.97 Å². The van der Waals surface area contributed by atoms with Gasteiger partial charge < -0.3 is 4.74 Å². The normalized spacial score (nSPS) is 12.5. The minimum absolute atomic E-state index is 0.369. The highest BCUT2D eigenvalue weighted by Gasteiger charge is 2.25. The summed E-state index contributed by atoms with van der Waals surface area (Å²) in [5, 5.41) is 9.86. The van der Waals surface area contributed by atoms with Crippen LogP contribution in [-0.2, 0) is 4.74 Å². The quantitative estimate of drug-likeness (QED) is 0.835. The SMILES string of the molecule is COCN1c2cc(C#N)ccc2Sc2nccnc21. The van der Waals surface area contributed by atoms with Crippen LogP contribution >= 0.6 is 11.8 Å². The van der Waals surface area contributed by atoms with Crippen LogP contribution in [0.5, 0.6) is 0 Å². The van der Waals surface area contributed by atoms with E-state index in [0.29, 0.717) is 12.3 Å². The first-order valence-electron chi connectivity index (χ1n) is 5.63. The standard InChI is InChI=1S/C13H10N4OS/c1-18-8-17-10-6-9(7-14)2-3-11(10)19-13-12(17)15-4-5-16-13/h2-6H,8H2,1H3. The van der Waals surface area contributed by atoms with Gasteiger partial charge in [-0.2, -0.15) is 5.26 Å². The summed E-state index contributed by atoms with van der Waals surface area (Å²) >= 11 is 1.55. The number of fused-ring (bicyclic) bond motifs is 2. The van der Waals surface area contributed by atoms with E-state index in [9.17, 15) is 0 Å². The van der Waals surface area contributed by atoms with E-state index in [1.165, 1.54) is 0 Å². The minimum Gasteiger partial charge on any atom is -0.364 e. The molecule has 5 nitrogen and oxygen atoms in total. The molecule has 1 aliphatic heterocycles. The lowest BCUT2D eigenvalue weighted by molar-refractivity contribution is 0.205. The van der Waals surface area contributed by atoms with E-state index in [4.69, 9.17) is 10.00 Å². The van der Waals surface area contributed by atoms with Gasteiger partial charge in [0, 0.05) is 24.4 Å². The maximum absolute atomic E-state index is 9.02. The number of aromatic nitrogens is 2. The molecule has 0 fully saturated rings. The van der Waals surface area contributed by atoms with Gasteiger partial charge in [-0.05, 0) is 18.2 Å². The fourth-order valence-corrected chi connectivity index (χ4v) is 2.92. The number of benzene rings is 1. The number of nitriles is 1. The molecule has 0 saturated heterocycles. The zero-order valence-corrected chi connectivity index (χ0v) is 11.0. The molecule has 0 N–H and O–H groups in total. The average Bonchev–Trinajstić information content (AvgIpc) is 2.47. The molecule has 0 bridgehead atoms.